The number of carbonyl (C=O) groups excluding carboxylic acids is 16. The van der Waals surface area contributed by atoms with E-state index in [1.807, 2.05) is 45.0 Å². The number of benzene rings is 3. The van der Waals surface area contributed by atoms with E-state index in [0.29, 0.717) is 72.5 Å². The Labute approximate surface area is 770 Å². The quantitative estimate of drug-likeness (QED) is 0.0190. The molecule has 5 aromatic rings. The highest BCUT2D eigenvalue weighted by Crippen LogP contribution is 2.28. The van der Waals surface area contributed by atoms with Crippen LogP contribution in [0, 0.1) is 12.8 Å². The van der Waals surface area contributed by atoms with Crippen LogP contribution in [0.2, 0.25) is 0 Å². The zero-order valence-electron chi connectivity index (χ0n) is 76.4. The normalized spacial score (nSPS) is 17.4. The van der Waals surface area contributed by atoms with Gasteiger partial charge in [0.25, 0.3) is 0 Å². The number of likely N-dealkylation sites (N-methyl/N-ethyl adjacent to an activating group) is 2. The third kappa shape index (κ3) is 30.0. The summed E-state index contributed by atoms with van der Waals surface area (Å²) in [6.45, 7) is 6.40. The zero-order chi connectivity index (χ0) is 97.4. The van der Waals surface area contributed by atoms with Crippen molar-refractivity contribution in [3.05, 3.63) is 107 Å². The molecule has 21 N–H and O–H groups in total. The van der Waals surface area contributed by atoms with Crippen LogP contribution in [-0.4, -0.2) is 308 Å². The summed E-state index contributed by atoms with van der Waals surface area (Å²) in [5.74, 6) is -15.6. The number of aliphatic hydroxyl groups excluding tert-OH is 1. The maximum Gasteiger partial charge on any atom is 0.323 e. The number of nitrogens with one attached hydrogen (secondary N) is 10. The summed E-state index contributed by atoms with van der Waals surface area (Å²) in [5, 5.41) is 54.4. The Hall–Kier alpha value is -13.0. The molecule has 5 heterocycles. The number of hydrogen-bond donors (Lipinski definition) is 17. The van der Waals surface area contributed by atoms with Gasteiger partial charge in [-0.05, 0) is 119 Å². The largest absolute Gasteiger partial charge is 0.481 e. The number of rotatable bonds is 53. The Kier molecular flexibility index (Phi) is 40.6. The Balaban J connectivity index is 0.943. The highest BCUT2D eigenvalue weighted by Gasteiger charge is 2.45. The number of likely N-dealkylation sites (tertiary alicyclic amines) is 3. The number of carboxylic acid groups (broad SMARTS) is 2. The summed E-state index contributed by atoms with van der Waals surface area (Å²) in [4.78, 5) is 260. The molecule has 0 aliphatic carbocycles. The monoisotopic (exact) mass is 1850 g/mol. The summed E-state index contributed by atoms with van der Waals surface area (Å²) < 4.78 is 7.23. The topological polar surface area (TPSA) is 626 Å². The van der Waals surface area contributed by atoms with Gasteiger partial charge in [0.2, 0.25) is 95.0 Å². The molecular weight excluding hydrogens is 1730 g/mol. The van der Waals surface area contributed by atoms with Gasteiger partial charge in [-0.15, -0.1) is 0 Å². The van der Waals surface area contributed by atoms with E-state index in [0.717, 1.165) is 21.4 Å². The third-order valence-corrected chi connectivity index (χ3v) is 24.1. The molecule has 0 saturated carbocycles. The van der Waals surface area contributed by atoms with Crippen LogP contribution in [0.15, 0.2) is 85.2 Å². The fraction of sp³-hybridized carbons (Fsp3) is 0.560. The molecule has 8 rings (SSSR count). The number of aliphatic hydroxyl groups is 1. The van der Waals surface area contributed by atoms with E-state index < -0.39 is 224 Å². The molecule has 133 heavy (non-hydrogen) atoms. The van der Waals surface area contributed by atoms with Crippen molar-refractivity contribution in [2.45, 2.75) is 254 Å². The van der Waals surface area contributed by atoms with Gasteiger partial charge >= 0.3 is 11.9 Å². The number of unbranched alkanes of at least 4 members (excludes halogenated alkanes) is 2. The molecule has 42 heteroatoms. The summed E-state index contributed by atoms with van der Waals surface area (Å²) in [6.07, 6.45) is 3.84. The van der Waals surface area contributed by atoms with E-state index in [9.17, 15) is 82.4 Å². The van der Waals surface area contributed by atoms with E-state index in [2.05, 4.69) is 52.8 Å². The molecule has 0 bridgehead atoms. The fourth-order valence-corrected chi connectivity index (χ4v) is 17.0. The molecule has 2 aromatic heterocycles. The van der Waals surface area contributed by atoms with Crippen LogP contribution in [0.3, 0.4) is 0 Å². The van der Waals surface area contributed by atoms with Gasteiger partial charge < -0.3 is 125 Å². The number of H-pyrrole nitrogens is 1. The summed E-state index contributed by atoms with van der Waals surface area (Å²) in [5.41, 5.74) is 27.4. The molecule has 726 valence electrons. The first-order valence-electron chi connectivity index (χ1n) is 45.3. The smallest absolute Gasteiger partial charge is 0.323 e. The van der Waals surface area contributed by atoms with Crippen molar-refractivity contribution in [2.24, 2.45) is 28.9 Å². The van der Waals surface area contributed by atoms with Gasteiger partial charge in [0.1, 0.15) is 91.7 Å². The molecule has 3 fully saturated rings. The number of amides is 16. The van der Waals surface area contributed by atoms with E-state index in [4.69, 9.17) is 27.7 Å². The Morgan fingerprint density at radius 2 is 1.14 bits per heavy atom. The number of para-hydroxylation sites is 2. The zero-order valence-corrected chi connectivity index (χ0v) is 76.4. The number of carbonyl (C=O) groups is 18. The predicted octanol–water partition coefficient (Wildman–Crippen LogP) is -1.87. The van der Waals surface area contributed by atoms with Crippen LogP contribution < -0.4 is 70.8 Å². The van der Waals surface area contributed by atoms with Gasteiger partial charge in [-0.3, -0.25) is 86.3 Å². The lowest BCUT2D eigenvalue weighted by atomic mass is 9.97. The van der Waals surface area contributed by atoms with Crippen molar-refractivity contribution in [1.82, 2.24) is 81.9 Å². The number of aromatic nitrogens is 2. The van der Waals surface area contributed by atoms with Crippen LogP contribution in [0.1, 0.15) is 159 Å². The van der Waals surface area contributed by atoms with Crippen molar-refractivity contribution < 1.29 is 106 Å². The van der Waals surface area contributed by atoms with Crippen molar-refractivity contribution in [3.63, 3.8) is 0 Å². The highest BCUT2D eigenvalue weighted by atomic mass is 16.5. The van der Waals surface area contributed by atoms with Gasteiger partial charge in [0.05, 0.1) is 19.1 Å². The summed E-state index contributed by atoms with van der Waals surface area (Å²) in [7, 11) is 2.75. The van der Waals surface area contributed by atoms with Gasteiger partial charge in [-0.25, -0.2) is 0 Å². The number of piperidine rings is 1. The Bertz CT molecular complexity index is 4940. The molecular formula is C91H130N20O22. The number of β-amino-alcohol motifs (C(OH)–C–C–N with tert-alkyl or cyclic N) is 1. The molecule has 16 amide bonds. The number of aromatic amines is 1. The number of ether oxygens (including phenoxy) is 1. The van der Waals surface area contributed by atoms with Crippen LogP contribution in [0.5, 0.6) is 0 Å². The maximum atomic E-state index is 15.6. The standard InChI is InChI=1S/C91H130N20O22/c1-8-10-22-71(106(6)91(132)74(23-11-9-2)107(7)87(128)66(42-56-46-109(48-78(118)119)70-24-15-13-20-59(56)70)102-80(121)61(33-35-92)99-81(122)63(97-51-112)41-55-45-96-60-21-14-12-19-58(55)60)84(125)101-64(39-52(3)4)82(123)105-69(79(95)120)49-133-50-76(115)98-65(40-54-29-27-53(5)28-30-54)89(130)110-36-17-16-25-72(110)85(126)103-67(43-75(94)114)90(131)111-37-18-26-73(111)86(127)104-68(44-93)83(124)100-62(31-32-77(116)117)88(129)108-38-34-57(113)47-108/h12-15,19-21,24,27-30,45-46,51-52,57,61-69,71-74,96,113H,8-11,16-18,22-23,25-26,31-44,47-50,92-93H2,1-7H3,(H2,94,114)(H2,95,120)(H,97,112)(H,98,115)(H,99,122)(H,100,124)(H,101,125)(H,102,121)(H,103,126)(H,104,127)(H,105,123)(H,116,117)(H,118,119)/t57-,61+,62+,63+,64+,65+,66+,67+,68+,69+,71+,72+,73+,74+/m1/s1. The lowest BCUT2D eigenvalue weighted by Gasteiger charge is -2.38. The van der Waals surface area contributed by atoms with Crippen molar-refractivity contribution in [2.75, 3.05) is 66.6 Å². The van der Waals surface area contributed by atoms with Crippen molar-refractivity contribution >= 4 is 129 Å². The summed E-state index contributed by atoms with van der Waals surface area (Å²) >= 11 is 0. The number of aryl methyl sites for hydroxylation is 1. The lowest BCUT2D eigenvalue weighted by Crippen LogP contribution is -2.62. The molecule has 3 aliphatic heterocycles. The van der Waals surface area contributed by atoms with Crippen molar-refractivity contribution in [1.29, 1.82) is 0 Å². The Morgan fingerprint density at radius 1 is 0.564 bits per heavy atom. The molecule has 3 aliphatic rings. The molecule has 0 unspecified atom stereocenters. The van der Waals surface area contributed by atoms with Crippen LogP contribution in [-0.2, 0) is 117 Å². The van der Waals surface area contributed by atoms with Gasteiger partial charge in [-0.2, -0.15) is 0 Å². The molecule has 0 radical (unpaired) electrons. The van der Waals surface area contributed by atoms with Crippen molar-refractivity contribution in [3.8, 4) is 0 Å². The number of nitrogens with zero attached hydrogens (tertiary/aromatic N) is 6. The second-order valence-corrected chi connectivity index (χ2v) is 34.7. The van der Waals surface area contributed by atoms with E-state index in [-0.39, 0.29) is 116 Å². The number of carboxylic acids is 2. The lowest BCUT2D eigenvalue weighted by molar-refractivity contribution is -0.149. The van der Waals surface area contributed by atoms with Crippen LogP contribution in [0.25, 0.3) is 21.8 Å². The number of hydrogen-bond acceptors (Lipinski definition) is 22. The molecule has 3 aromatic carbocycles. The Morgan fingerprint density at radius 3 is 1.75 bits per heavy atom. The van der Waals surface area contributed by atoms with Crippen LogP contribution in [0.4, 0.5) is 0 Å². The first-order valence-corrected chi connectivity index (χ1v) is 45.3. The van der Waals surface area contributed by atoms with Gasteiger partial charge in [0.15, 0.2) is 0 Å². The number of primary amides is 2. The van der Waals surface area contributed by atoms with E-state index >= 15 is 19.2 Å². The minimum Gasteiger partial charge on any atom is -0.481 e. The highest BCUT2D eigenvalue weighted by molar-refractivity contribution is 6.01. The molecule has 0 spiro atoms. The maximum absolute atomic E-state index is 15.6. The molecule has 42 nitrogen and oxygen atoms in total. The van der Waals surface area contributed by atoms with Gasteiger partial charge in [-0.1, -0.05) is 120 Å². The van der Waals surface area contributed by atoms with Crippen LogP contribution >= 0.6 is 0 Å². The predicted molar refractivity (Wildman–Crippen MR) is 485 cm³/mol. The number of nitrogens with two attached hydrogens (primary N) is 4. The number of aliphatic carboxylic acids is 2. The second kappa shape index (κ2) is 51.2. The summed E-state index contributed by atoms with van der Waals surface area (Å²) in [6, 6.07) is 2.76. The first kappa shape index (κ1) is 105. The SMILES string of the molecule is CCCC[C@@H](C(=O)N(C)[C@@H](CCCC)C(=O)N[C@@H](CC(C)C)C(=O)N[C@@H](COCC(=O)N[C@@H](Cc1ccc(C)cc1)C(=O)N1CCCC[C@H]1C(=O)N[C@@H](CC(N)=O)C(=O)N1CCC[C@H]1C(=O)N[C@@H](CN)C(=O)N[C@@H](CCC(=O)O)C(=O)N1CC[C@@H](O)C1)C(N)=O)N(C)C(=O)[C@H](Cc1cn(CC(=O)O)c2ccccc12)NC(=O)[C@H](CCN)NC(=O)[C@H](Cc1c[nH]c2ccccc12)NC=O. The van der Waals surface area contributed by atoms with Gasteiger partial charge in [0, 0.05) is 107 Å². The molecule has 14 atom stereocenters. The minimum atomic E-state index is -1.70. The number of fused-ring (bicyclic) bond motifs is 2. The average Bonchev–Trinajstić information content (AvgIpc) is 1.66. The minimum absolute atomic E-state index is 0.0102. The van der Waals surface area contributed by atoms with E-state index in [1.54, 1.807) is 74.8 Å². The first-order chi connectivity index (χ1) is 63.4. The average molecular weight is 1860 g/mol. The second-order valence-electron chi connectivity index (χ2n) is 34.7. The fourth-order valence-electron chi connectivity index (χ4n) is 17.0. The molecule has 3 saturated heterocycles. The third-order valence-electron chi connectivity index (χ3n) is 24.1. The van der Waals surface area contributed by atoms with E-state index in [1.165, 1.54) is 38.3 Å².